The lowest BCUT2D eigenvalue weighted by Crippen LogP contribution is -2.48. The Labute approximate surface area is 116 Å². The molecule has 98 valence electrons. The van der Waals surface area contributed by atoms with Crippen molar-refractivity contribution >= 4 is 28.4 Å². The maximum Gasteiger partial charge on any atom is 0.253 e. The number of nitrogens with zero attached hydrogens (tertiary/aromatic N) is 1. The molecule has 0 unspecified atom stereocenters. The van der Waals surface area contributed by atoms with Gasteiger partial charge in [-0.1, -0.05) is 11.6 Å². The number of carbonyl (C=O) groups is 1. The van der Waals surface area contributed by atoms with Crippen molar-refractivity contribution in [2.45, 2.75) is 0 Å². The SMILES string of the molecule is O=C(NCC1CNC1)c1ccc(Cl)c2cccnc12. The van der Waals surface area contributed by atoms with Gasteiger partial charge in [0.2, 0.25) is 0 Å². The molecule has 4 nitrogen and oxygen atoms in total. The van der Waals surface area contributed by atoms with E-state index in [0.29, 0.717) is 28.6 Å². The maximum atomic E-state index is 12.2. The maximum absolute atomic E-state index is 12.2. The second kappa shape index (κ2) is 5.15. The molecule has 19 heavy (non-hydrogen) atoms. The number of nitrogens with one attached hydrogen (secondary N) is 2. The van der Waals surface area contributed by atoms with E-state index >= 15 is 0 Å². The summed E-state index contributed by atoms with van der Waals surface area (Å²) in [6.45, 7) is 2.64. The average molecular weight is 276 g/mol. The van der Waals surface area contributed by atoms with Crippen LogP contribution >= 0.6 is 11.6 Å². The molecule has 0 saturated carbocycles. The quantitative estimate of drug-likeness (QED) is 0.899. The van der Waals surface area contributed by atoms with Crippen molar-refractivity contribution in [3.63, 3.8) is 0 Å². The molecule has 0 radical (unpaired) electrons. The van der Waals surface area contributed by atoms with Crippen LogP contribution < -0.4 is 10.6 Å². The molecule has 1 aromatic carbocycles. The summed E-state index contributed by atoms with van der Waals surface area (Å²) < 4.78 is 0. The monoisotopic (exact) mass is 275 g/mol. The number of rotatable bonds is 3. The minimum atomic E-state index is -0.0905. The standard InChI is InChI=1S/C14H14ClN3O/c15-12-4-3-11(13-10(12)2-1-5-17-13)14(19)18-8-9-6-16-7-9/h1-5,9,16H,6-8H2,(H,18,19). The number of fused-ring (bicyclic) bond motifs is 1. The van der Waals surface area contributed by atoms with Gasteiger partial charge in [-0.15, -0.1) is 0 Å². The topological polar surface area (TPSA) is 54.0 Å². The van der Waals surface area contributed by atoms with E-state index in [1.807, 2.05) is 12.1 Å². The van der Waals surface area contributed by atoms with E-state index < -0.39 is 0 Å². The molecule has 1 amide bonds. The first-order valence-corrected chi connectivity index (χ1v) is 6.65. The highest BCUT2D eigenvalue weighted by atomic mass is 35.5. The molecule has 1 aromatic heterocycles. The summed E-state index contributed by atoms with van der Waals surface area (Å²) in [6.07, 6.45) is 1.67. The molecule has 2 heterocycles. The number of aromatic nitrogens is 1. The summed E-state index contributed by atoms with van der Waals surface area (Å²) in [7, 11) is 0. The fourth-order valence-corrected chi connectivity index (χ4v) is 2.36. The van der Waals surface area contributed by atoms with Crippen molar-refractivity contribution in [2.24, 2.45) is 5.92 Å². The minimum Gasteiger partial charge on any atom is -0.352 e. The van der Waals surface area contributed by atoms with E-state index in [2.05, 4.69) is 15.6 Å². The van der Waals surface area contributed by atoms with Gasteiger partial charge in [0.15, 0.2) is 0 Å². The van der Waals surface area contributed by atoms with Gasteiger partial charge in [0.1, 0.15) is 0 Å². The second-order valence-electron chi connectivity index (χ2n) is 4.73. The molecule has 1 saturated heterocycles. The van der Waals surface area contributed by atoms with Crippen LogP contribution in [-0.4, -0.2) is 30.5 Å². The number of benzene rings is 1. The molecule has 5 heteroatoms. The lowest BCUT2D eigenvalue weighted by molar-refractivity contribution is 0.0943. The van der Waals surface area contributed by atoms with Crippen molar-refractivity contribution in [2.75, 3.05) is 19.6 Å². The van der Waals surface area contributed by atoms with Crippen molar-refractivity contribution in [1.82, 2.24) is 15.6 Å². The molecule has 1 fully saturated rings. The van der Waals surface area contributed by atoms with Crippen LogP contribution in [0.15, 0.2) is 30.5 Å². The minimum absolute atomic E-state index is 0.0905. The molecular formula is C14H14ClN3O. The lowest BCUT2D eigenvalue weighted by Gasteiger charge is -2.27. The van der Waals surface area contributed by atoms with Crippen LogP contribution in [0, 0.1) is 5.92 Å². The van der Waals surface area contributed by atoms with Gasteiger partial charge in [0.05, 0.1) is 16.1 Å². The van der Waals surface area contributed by atoms with E-state index in [9.17, 15) is 4.79 Å². The summed E-state index contributed by atoms with van der Waals surface area (Å²) in [5.41, 5.74) is 1.23. The van der Waals surface area contributed by atoms with Crippen molar-refractivity contribution in [3.8, 4) is 0 Å². The van der Waals surface area contributed by atoms with Crippen LogP contribution in [0.3, 0.4) is 0 Å². The number of hydrogen-bond acceptors (Lipinski definition) is 3. The number of hydrogen-bond donors (Lipinski definition) is 2. The third-order valence-corrected chi connectivity index (χ3v) is 3.71. The van der Waals surface area contributed by atoms with Crippen LogP contribution in [0.4, 0.5) is 0 Å². The predicted molar refractivity (Wildman–Crippen MR) is 75.4 cm³/mol. The highest BCUT2D eigenvalue weighted by Crippen LogP contribution is 2.24. The summed E-state index contributed by atoms with van der Waals surface area (Å²) in [4.78, 5) is 16.5. The first-order valence-electron chi connectivity index (χ1n) is 6.28. The molecule has 0 aliphatic carbocycles. The molecular weight excluding hydrogens is 262 g/mol. The zero-order valence-electron chi connectivity index (χ0n) is 10.3. The second-order valence-corrected chi connectivity index (χ2v) is 5.14. The predicted octanol–water partition coefficient (Wildman–Crippen LogP) is 1.84. The Balaban J connectivity index is 1.87. The van der Waals surface area contributed by atoms with Gasteiger partial charge in [0, 0.05) is 37.1 Å². The van der Waals surface area contributed by atoms with Crippen molar-refractivity contribution in [3.05, 3.63) is 41.0 Å². The highest BCUT2D eigenvalue weighted by Gasteiger charge is 2.19. The fourth-order valence-electron chi connectivity index (χ4n) is 2.15. The zero-order valence-corrected chi connectivity index (χ0v) is 11.1. The summed E-state index contributed by atoms with van der Waals surface area (Å²) in [5, 5.41) is 7.55. The molecule has 0 bridgehead atoms. The van der Waals surface area contributed by atoms with E-state index in [4.69, 9.17) is 11.6 Å². The van der Waals surface area contributed by atoms with Gasteiger partial charge in [-0.25, -0.2) is 0 Å². The normalized spacial score (nSPS) is 15.2. The number of carbonyl (C=O) groups excluding carboxylic acids is 1. The molecule has 1 aliphatic heterocycles. The van der Waals surface area contributed by atoms with Crippen LogP contribution in [0.25, 0.3) is 10.9 Å². The third-order valence-electron chi connectivity index (χ3n) is 3.38. The highest BCUT2D eigenvalue weighted by molar-refractivity contribution is 6.36. The van der Waals surface area contributed by atoms with Crippen molar-refractivity contribution < 1.29 is 4.79 Å². The van der Waals surface area contributed by atoms with E-state index in [-0.39, 0.29) is 5.91 Å². The van der Waals surface area contributed by atoms with Crippen LogP contribution in [0.1, 0.15) is 10.4 Å². The molecule has 3 rings (SSSR count). The Bertz CT molecular complexity index is 625. The van der Waals surface area contributed by atoms with Gasteiger partial charge in [0.25, 0.3) is 5.91 Å². The Hall–Kier alpha value is -1.65. The van der Waals surface area contributed by atoms with Crippen LogP contribution in [-0.2, 0) is 0 Å². The van der Waals surface area contributed by atoms with Crippen molar-refractivity contribution in [1.29, 1.82) is 0 Å². The largest absolute Gasteiger partial charge is 0.352 e. The lowest BCUT2D eigenvalue weighted by atomic mass is 10.0. The van der Waals surface area contributed by atoms with Crippen LogP contribution in [0.2, 0.25) is 5.02 Å². The van der Waals surface area contributed by atoms with Crippen LogP contribution in [0.5, 0.6) is 0 Å². The average Bonchev–Trinajstić information content (AvgIpc) is 2.37. The number of pyridine rings is 1. The molecule has 2 N–H and O–H groups in total. The van der Waals surface area contributed by atoms with Gasteiger partial charge in [-0.2, -0.15) is 0 Å². The molecule has 2 aromatic rings. The smallest absolute Gasteiger partial charge is 0.253 e. The molecule has 1 aliphatic rings. The Kier molecular flexibility index (Phi) is 3.36. The third kappa shape index (κ3) is 2.41. The van der Waals surface area contributed by atoms with Gasteiger partial charge >= 0.3 is 0 Å². The Morgan fingerprint density at radius 3 is 3.00 bits per heavy atom. The van der Waals surface area contributed by atoms with E-state index in [0.717, 1.165) is 18.5 Å². The first kappa shape index (κ1) is 12.4. The van der Waals surface area contributed by atoms with Gasteiger partial charge in [-0.05, 0) is 24.3 Å². The Morgan fingerprint density at radius 1 is 1.42 bits per heavy atom. The summed E-state index contributed by atoms with van der Waals surface area (Å²) in [6, 6.07) is 7.16. The zero-order chi connectivity index (χ0) is 13.2. The number of amides is 1. The van der Waals surface area contributed by atoms with E-state index in [1.54, 1.807) is 18.3 Å². The first-order chi connectivity index (χ1) is 9.25. The van der Waals surface area contributed by atoms with Gasteiger partial charge < -0.3 is 10.6 Å². The molecule has 0 atom stereocenters. The Morgan fingerprint density at radius 2 is 2.26 bits per heavy atom. The van der Waals surface area contributed by atoms with Gasteiger partial charge in [-0.3, -0.25) is 9.78 Å². The fraction of sp³-hybridized carbons (Fsp3) is 0.286. The summed E-state index contributed by atoms with van der Waals surface area (Å²) in [5.74, 6) is 0.447. The summed E-state index contributed by atoms with van der Waals surface area (Å²) >= 11 is 6.11. The molecule has 0 spiro atoms. The van der Waals surface area contributed by atoms with E-state index in [1.165, 1.54) is 0 Å². The number of halogens is 1.